The molecule has 2 amide bonds. The number of piperazine rings is 1. The van der Waals surface area contributed by atoms with Crippen LogP contribution in [0.3, 0.4) is 0 Å². The summed E-state index contributed by atoms with van der Waals surface area (Å²) in [4.78, 5) is 26.6. The Morgan fingerprint density at radius 3 is 2.29 bits per heavy atom. The molecule has 0 aromatic heterocycles. The summed E-state index contributed by atoms with van der Waals surface area (Å²) in [7, 11) is 1.67. The Morgan fingerprint density at radius 2 is 1.82 bits per heavy atom. The number of halogens is 1. The Labute approximate surface area is 111 Å². The molecule has 4 nitrogen and oxygen atoms in total. The predicted octanol–water partition coefficient (Wildman–Crippen LogP) is 1.34. The van der Waals surface area contributed by atoms with Crippen LogP contribution < -0.4 is 0 Å². The third-order valence-electron chi connectivity index (χ3n) is 3.33. The molecule has 17 heavy (non-hydrogen) atoms. The zero-order chi connectivity index (χ0) is 13.2. The molecule has 0 saturated carbocycles. The molecule has 0 radical (unpaired) electrons. The van der Waals surface area contributed by atoms with Crippen LogP contribution in [0.1, 0.15) is 20.8 Å². The quantitative estimate of drug-likeness (QED) is 0.738. The van der Waals surface area contributed by atoms with Crippen molar-refractivity contribution in [2.45, 2.75) is 20.8 Å². The Hall–Kier alpha value is -0.580. The van der Waals surface area contributed by atoms with Crippen molar-refractivity contribution < 1.29 is 9.59 Å². The maximum Gasteiger partial charge on any atom is 0.242 e. The molecule has 0 spiro atoms. The SMILES string of the molecule is CN1CC(=O)N(CC(CBr)C(C)(C)C)CC1=O. The van der Waals surface area contributed by atoms with Crippen LogP contribution in [0.25, 0.3) is 0 Å². The van der Waals surface area contributed by atoms with Crippen molar-refractivity contribution in [3.05, 3.63) is 0 Å². The van der Waals surface area contributed by atoms with E-state index in [4.69, 9.17) is 0 Å². The minimum absolute atomic E-state index is 0.0202. The van der Waals surface area contributed by atoms with Crippen molar-refractivity contribution in [2.75, 3.05) is 32.0 Å². The summed E-state index contributed by atoms with van der Waals surface area (Å²) in [5.41, 5.74) is 0.121. The zero-order valence-corrected chi connectivity index (χ0v) is 12.6. The summed E-state index contributed by atoms with van der Waals surface area (Å²) in [5, 5.41) is 0.838. The number of amides is 2. The molecule has 1 atom stereocenters. The van der Waals surface area contributed by atoms with Crippen LogP contribution in [0.4, 0.5) is 0 Å². The molecule has 0 aromatic carbocycles. The molecule has 1 saturated heterocycles. The van der Waals surface area contributed by atoms with Gasteiger partial charge < -0.3 is 9.80 Å². The lowest BCUT2D eigenvalue weighted by Gasteiger charge is -2.37. The minimum atomic E-state index is 0.0202. The fraction of sp³-hybridized carbons (Fsp3) is 0.833. The van der Waals surface area contributed by atoms with Crippen LogP contribution in [0, 0.1) is 11.3 Å². The Kier molecular flexibility index (Phi) is 4.58. The van der Waals surface area contributed by atoms with Gasteiger partial charge in [0.05, 0.1) is 13.1 Å². The smallest absolute Gasteiger partial charge is 0.242 e. The van der Waals surface area contributed by atoms with Crippen molar-refractivity contribution in [2.24, 2.45) is 11.3 Å². The van der Waals surface area contributed by atoms with Crippen molar-refractivity contribution in [3.8, 4) is 0 Å². The van der Waals surface area contributed by atoms with E-state index >= 15 is 0 Å². The van der Waals surface area contributed by atoms with Crippen molar-refractivity contribution in [3.63, 3.8) is 0 Å². The summed E-state index contributed by atoms with van der Waals surface area (Å²) in [6, 6.07) is 0. The van der Waals surface area contributed by atoms with Crippen molar-refractivity contribution in [1.29, 1.82) is 0 Å². The summed E-state index contributed by atoms with van der Waals surface area (Å²) >= 11 is 3.49. The fourth-order valence-electron chi connectivity index (χ4n) is 1.75. The molecule has 1 unspecified atom stereocenters. The normalized spacial score (nSPS) is 19.8. The summed E-state index contributed by atoms with van der Waals surface area (Å²) < 4.78 is 0. The summed E-state index contributed by atoms with van der Waals surface area (Å²) in [6.07, 6.45) is 0. The molecule has 0 aromatic rings. The molecular formula is C12H21BrN2O2. The lowest BCUT2D eigenvalue weighted by molar-refractivity contribution is -0.149. The van der Waals surface area contributed by atoms with Gasteiger partial charge >= 0.3 is 0 Å². The van der Waals surface area contributed by atoms with Crippen molar-refractivity contribution >= 4 is 27.7 Å². The fourth-order valence-corrected chi connectivity index (χ4v) is 2.93. The van der Waals surface area contributed by atoms with E-state index in [0.29, 0.717) is 12.5 Å². The van der Waals surface area contributed by atoms with Gasteiger partial charge in [0.15, 0.2) is 0 Å². The van der Waals surface area contributed by atoms with E-state index in [9.17, 15) is 9.59 Å². The molecule has 1 aliphatic heterocycles. The highest BCUT2D eigenvalue weighted by atomic mass is 79.9. The summed E-state index contributed by atoms with van der Waals surface area (Å²) in [6.45, 7) is 7.53. The van der Waals surface area contributed by atoms with E-state index in [1.807, 2.05) is 0 Å². The number of carbonyl (C=O) groups is 2. The molecule has 1 aliphatic rings. The number of carbonyl (C=O) groups excluding carboxylic acids is 2. The van der Waals surface area contributed by atoms with Crippen LogP contribution in [-0.4, -0.2) is 53.6 Å². The van der Waals surface area contributed by atoms with Gasteiger partial charge in [0.1, 0.15) is 0 Å². The Balaban J connectivity index is 2.67. The van der Waals surface area contributed by atoms with Gasteiger partial charge in [0.2, 0.25) is 11.8 Å². The maximum atomic E-state index is 11.8. The van der Waals surface area contributed by atoms with Gasteiger partial charge in [-0.25, -0.2) is 0 Å². The molecule has 5 heteroatoms. The second kappa shape index (κ2) is 5.38. The van der Waals surface area contributed by atoms with Gasteiger partial charge in [0, 0.05) is 18.9 Å². The van der Waals surface area contributed by atoms with E-state index in [1.54, 1.807) is 11.9 Å². The standard InChI is InChI=1S/C12H21BrN2O2/c1-12(2,3)9(5-13)6-15-8-10(16)14(4)7-11(15)17/h9H,5-8H2,1-4H3. The van der Waals surface area contributed by atoms with E-state index in [1.165, 1.54) is 4.90 Å². The average Bonchev–Trinajstić information content (AvgIpc) is 2.19. The molecule has 1 heterocycles. The summed E-state index contributed by atoms with van der Waals surface area (Å²) in [5.74, 6) is 0.414. The first-order valence-electron chi connectivity index (χ1n) is 5.83. The number of hydrogen-bond acceptors (Lipinski definition) is 2. The first-order chi connectivity index (χ1) is 7.75. The van der Waals surface area contributed by atoms with E-state index < -0.39 is 0 Å². The van der Waals surface area contributed by atoms with Crippen LogP contribution in [-0.2, 0) is 9.59 Å². The highest BCUT2D eigenvalue weighted by Gasteiger charge is 2.32. The highest BCUT2D eigenvalue weighted by Crippen LogP contribution is 2.28. The van der Waals surface area contributed by atoms with E-state index in [2.05, 4.69) is 36.7 Å². The third-order valence-corrected chi connectivity index (χ3v) is 4.11. The predicted molar refractivity (Wildman–Crippen MR) is 71.0 cm³/mol. The Morgan fingerprint density at radius 1 is 1.24 bits per heavy atom. The van der Waals surface area contributed by atoms with Gasteiger partial charge in [-0.3, -0.25) is 9.59 Å². The van der Waals surface area contributed by atoms with Crippen molar-refractivity contribution in [1.82, 2.24) is 9.80 Å². The van der Waals surface area contributed by atoms with Gasteiger partial charge in [-0.2, -0.15) is 0 Å². The first kappa shape index (κ1) is 14.5. The highest BCUT2D eigenvalue weighted by molar-refractivity contribution is 9.09. The second-order valence-corrected chi connectivity index (χ2v) is 6.39. The third kappa shape index (κ3) is 3.69. The number of nitrogens with zero attached hydrogens (tertiary/aromatic N) is 2. The lowest BCUT2D eigenvalue weighted by atomic mass is 9.81. The lowest BCUT2D eigenvalue weighted by Crippen LogP contribution is -2.54. The van der Waals surface area contributed by atoms with Crippen LogP contribution in [0.5, 0.6) is 0 Å². The van der Waals surface area contributed by atoms with E-state index in [0.717, 1.165) is 5.33 Å². The number of alkyl halides is 1. The molecule has 0 aliphatic carbocycles. The molecular weight excluding hydrogens is 284 g/mol. The van der Waals surface area contributed by atoms with Gasteiger partial charge in [-0.05, 0) is 11.3 Å². The molecule has 98 valence electrons. The van der Waals surface area contributed by atoms with Crippen LogP contribution in [0.2, 0.25) is 0 Å². The van der Waals surface area contributed by atoms with Gasteiger partial charge in [-0.15, -0.1) is 0 Å². The molecule has 0 bridgehead atoms. The monoisotopic (exact) mass is 304 g/mol. The second-order valence-electron chi connectivity index (χ2n) is 5.74. The van der Waals surface area contributed by atoms with Crippen LogP contribution >= 0.6 is 15.9 Å². The number of hydrogen-bond donors (Lipinski definition) is 0. The number of likely N-dealkylation sites (N-methyl/N-ethyl adjacent to an activating group) is 1. The molecule has 1 rings (SSSR count). The van der Waals surface area contributed by atoms with Gasteiger partial charge in [0.25, 0.3) is 0 Å². The zero-order valence-electron chi connectivity index (χ0n) is 11.0. The van der Waals surface area contributed by atoms with E-state index in [-0.39, 0.29) is 30.3 Å². The largest absolute Gasteiger partial charge is 0.335 e. The number of rotatable bonds is 3. The van der Waals surface area contributed by atoms with Gasteiger partial charge in [-0.1, -0.05) is 36.7 Å². The molecule has 1 fully saturated rings. The first-order valence-corrected chi connectivity index (χ1v) is 6.95. The molecule has 0 N–H and O–H groups in total. The average molecular weight is 305 g/mol. The maximum absolute atomic E-state index is 11.8. The topological polar surface area (TPSA) is 40.6 Å². The minimum Gasteiger partial charge on any atom is -0.335 e. The Bertz CT molecular complexity index is 312. The van der Waals surface area contributed by atoms with Crippen LogP contribution in [0.15, 0.2) is 0 Å².